The molecule has 1 fully saturated rings. The van der Waals surface area contributed by atoms with Crippen LogP contribution in [0.15, 0.2) is 36.5 Å². The predicted octanol–water partition coefficient (Wildman–Crippen LogP) is 3.96. The van der Waals surface area contributed by atoms with Gasteiger partial charge in [0.25, 0.3) is 5.91 Å². The average molecular weight is 462 g/mol. The van der Waals surface area contributed by atoms with Crippen LogP contribution in [0.3, 0.4) is 0 Å². The number of nitriles is 1. The monoisotopic (exact) mass is 461 g/mol. The fourth-order valence-electron chi connectivity index (χ4n) is 4.66. The number of benzene rings is 1. The summed E-state index contributed by atoms with van der Waals surface area (Å²) in [6.45, 7) is 0.539. The summed E-state index contributed by atoms with van der Waals surface area (Å²) in [6.07, 6.45) is 4.60. The second kappa shape index (κ2) is 9.91. The fraction of sp³-hybridized carbons (Fsp3) is 0.400. The lowest BCUT2D eigenvalue weighted by molar-refractivity contribution is 0.0812. The molecule has 1 aliphatic carbocycles. The lowest BCUT2D eigenvalue weighted by atomic mass is 9.94. The quantitative estimate of drug-likeness (QED) is 0.694. The summed E-state index contributed by atoms with van der Waals surface area (Å²) >= 11 is 0. The van der Waals surface area contributed by atoms with Crippen molar-refractivity contribution < 1.29 is 19.5 Å². The first kappa shape index (κ1) is 23.2. The highest BCUT2D eigenvalue weighted by molar-refractivity contribution is 5.96. The third kappa shape index (κ3) is 4.71. The number of pyridine rings is 1. The molecule has 0 saturated heterocycles. The first-order valence-electron chi connectivity index (χ1n) is 11.4. The summed E-state index contributed by atoms with van der Waals surface area (Å²) < 4.78 is 0. The Morgan fingerprint density at radius 2 is 1.94 bits per heavy atom. The molecule has 4 rings (SSSR count). The molecule has 2 N–H and O–H groups in total. The number of hydrogen-bond acceptors (Lipinski definition) is 5. The van der Waals surface area contributed by atoms with E-state index in [2.05, 4.69) is 16.4 Å². The summed E-state index contributed by atoms with van der Waals surface area (Å²) in [5.41, 5.74) is 3.85. The normalized spacial score (nSPS) is 16.5. The minimum absolute atomic E-state index is 0.0139. The molecule has 2 aliphatic rings. The summed E-state index contributed by atoms with van der Waals surface area (Å²) in [7, 11) is 1.74. The van der Waals surface area contributed by atoms with Crippen LogP contribution in [0.5, 0.6) is 0 Å². The summed E-state index contributed by atoms with van der Waals surface area (Å²) in [6, 6.07) is 10.5. The number of nitrogens with one attached hydrogen (secondary N) is 1. The van der Waals surface area contributed by atoms with Gasteiger partial charge in [0, 0.05) is 43.5 Å². The van der Waals surface area contributed by atoms with E-state index >= 15 is 0 Å². The van der Waals surface area contributed by atoms with Gasteiger partial charge in [-0.3, -0.25) is 9.78 Å². The van der Waals surface area contributed by atoms with Gasteiger partial charge in [-0.15, -0.1) is 0 Å². The Kier molecular flexibility index (Phi) is 6.77. The van der Waals surface area contributed by atoms with E-state index in [0.29, 0.717) is 25.1 Å². The van der Waals surface area contributed by atoms with Crippen molar-refractivity contribution in [3.8, 4) is 17.2 Å². The van der Waals surface area contributed by atoms with E-state index in [9.17, 15) is 24.8 Å². The SMILES string of the molecule is CN1Cc2cc(-c3ccc(C(C#N)CNC(=O)N(C(=O)O)C4CCCCC4)cc3)cnc2C1=O. The molecule has 1 atom stereocenters. The molecule has 34 heavy (non-hydrogen) atoms. The second-order valence-electron chi connectivity index (χ2n) is 8.83. The van der Waals surface area contributed by atoms with Gasteiger partial charge in [0.2, 0.25) is 0 Å². The van der Waals surface area contributed by atoms with E-state index in [0.717, 1.165) is 46.4 Å². The van der Waals surface area contributed by atoms with Crippen LogP contribution in [-0.2, 0) is 6.54 Å². The average Bonchev–Trinajstić information content (AvgIpc) is 3.13. The molecule has 9 nitrogen and oxygen atoms in total. The topological polar surface area (TPSA) is 127 Å². The third-order valence-corrected chi connectivity index (χ3v) is 6.55. The van der Waals surface area contributed by atoms with Gasteiger partial charge < -0.3 is 15.3 Å². The molecule has 9 heteroatoms. The fourth-order valence-corrected chi connectivity index (χ4v) is 4.66. The number of carbonyl (C=O) groups is 3. The molecule has 1 unspecified atom stereocenters. The molecule has 0 bridgehead atoms. The first-order valence-corrected chi connectivity index (χ1v) is 11.4. The van der Waals surface area contributed by atoms with Gasteiger partial charge >= 0.3 is 12.1 Å². The number of hydrogen-bond donors (Lipinski definition) is 2. The zero-order valence-corrected chi connectivity index (χ0v) is 19.0. The van der Waals surface area contributed by atoms with Gasteiger partial charge in [-0.2, -0.15) is 5.26 Å². The first-order chi connectivity index (χ1) is 16.4. The lowest BCUT2D eigenvalue weighted by Gasteiger charge is -2.30. The van der Waals surface area contributed by atoms with Gasteiger partial charge in [0.05, 0.1) is 12.0 Å². The van der Waals surface area contributed by atoms with Crippen LogP contribution < -0.4 is 5.32 Å². The van der Waals surface area contributed by atoms with Crippen LogP contribution in [-0.4, -0.2) is 57.6 Å². The summed E-state index contributed by atoms with van der Waals surface area (Å²) in [5, 5.41) is 21.8. The molecule has 0 radical (unpaired) electrons. The van der Waals surface area contributed by atoms with Gasteiger partial charge in [-0.25, -0.2) is 14.5 Å². The number of amides is 4. The van der Waals surface area contributed by atoms with E-state index in [1.54, 1.807) is 18.1 Å². The van der Waals surface area contributed by atoms with Crippen molar-refractivity contribution in [3.05, 3.63) is 53.3 Å². The molecule has 4 amide bonds. The minimum atomic E-state index is -1.27. The van der Waals surface area contributed by atoms with Crippen molar-refractivity contribution in [2.24, 2.45) is 0 Å². The molecule has 1 aliphatic heterocycles. The Balaban J connectivity index is 1.42. The minimum Gasteiger partial charge on any atom is -0.465 e. The van der Waals surface area contributed by atoms with Crippen molar-refractivity contribution in [1.82, 2.24) is 20.1 Å². The third-order valence-electron chi connectivity index (χ3n) is 6.55. The van der Waals surface area contributed by atoms with Crippen molar-refractivity contribution in [2.75, 3.05) is 13.6 Å². The van der Waals surface area contributed by atoms with Gasteiger partial charge in [0.1, 0.15) is 5.69 Å². The zero-order valence-electron chi connectivity index (χ0n) is 19.0. The van der Waals surface area contributed by atoms with Crippen LogP contribution in [0.1, 0.15) is 59.6 Å². The number of urea groups is 1. The molecule has 176 valence electrons. The molecular weight excluding hydrogens is 434 g/mol. The van der Waals surface area contributed by atoms with Crippen molar-refractivity contribution >= 4 is 18.0 Å². The van der Waals surface area contributed by atoms with Crippen LogP contribution in [0.4, 0.5) is 9.59 Å². The lowest BCUT2D eigenvalue weighted by Crippen LogP contribution is -2.50. The van der Waals surface area contributed by atoms with Crippen molar-refractivity contribution in [3.63, 3.8) is 0 Å². The maximum atomic E-state index is 12.6. The van der Waals surface area contributed by atoms with Gasteiger partial charge in [-0.05, 0) is 30.0 Å². The highest BCUT2D eigenvalue weighted by atomic mass is 16.4. The van der Waals surface area contributed by atoms with E-state index in [1.165, 1.54) is 0 Å². The van der Waals surface area contributed by atoms with Crippen LogP contribution >= 0.6 is 0 Å². The largest absolute Gasteiger partial charge is 0.465 e. The number of carbonyl (C=O) groups excluding carboxylic acids is 2. The van der Waals surface area contributed by atoms with Crippen molar-refractivity contribution in [2.45, 2.75) is 50.6 Å². The summed E-state index contributed by atoms with van der Waals surface area (Å²) in [5.74, 6) is -0.704. The number of rotatable bonds is 5. The van der Waals surface area contributed by atoms with E-state index in [1.807, 2.05) is 30.3 Å². The van der Waals surface area contributed by atoms with E-state index < -0.39 is 18.0 Å². The molecule has 0 spiro atoms. The number of imide groups is 1. The Morgan fingerprint density at radius 1 is 1.24 bits per heavy atom. The Hall–Kier alpha value is -3.93. The number of nitrogens with zero attached hydrogens (tertiary/aromatic N) is 4. The Bertz CT molecular complexity index is 1130. The maximum absolute atomic E-state index is 12.6. The number of fused-ring (bicyclic) bond motifs is 1. The van der Waals surface area contributed by atoms with Gasteiger partial charge in [-0.1, -0.05) is 43.5 Å². The standard InChI is InChI=1S/C25H27N5O4/c1-29-15-19-11-18(13-27-22(19)23(29)31)16-7-9-17(10-8-16)20(12-26)14-28-24(32)30(25(33)34)21-5-3-2-4-6-21/h7-11,13,20-21H,2-6,14-15H2,1H3,(H,28,32)(H,33,34). The molecule has 1 saturated carbocycles. The molecule has 1 aromatic carbocycles. The Morgan fingerprint density at radius 3 is 2.59 bits per heavy atom. The van der Waals surface area contributed by atoms with Crippen molar-refractivity contribution in [1.29, 1.82) is 5.26 Å². The number of carboxylic acid groups (broad SMARTS) is 1. The predicted molar refractivity (Wildman–Crippen MR) is 124 cm³/mol. The molecule has 1 aromatic heterocycles. The molecular formula is C25H27N5O4. The second-order valence-corrected chi connectivity index (χ2v) is 8.83. The number of aromatic nitrogens is 1. The molecule has 2 aromatic rings. The van der Waals surface area contributed by atoms with Gasteiger partial charge in [0.15, 0.2) is 0 Å². The van der Waals surface area contributed by atoms with E-state index in [4.69, 9.17) is 0 Å². The highest BCUT2D eigenvalue weighted by Gasteiger charge is 2.31. The van der Waals surface area contributed by atoms with Crippen LogP contribution in [0, 0.1) is 11.3 Å². The summed E-state index contributed by atoms with van der Waals surface area (Å²) in [4.78, 5) is 43.1. The highest BCUT2D eigenvalue weighted by Crippen LogP contribution is 2.27. The van der Waals surface area contributed by atoms with Crippen LogP contribution in [0.2, 0.25) is 0 Å². The van der Waals surface area contributed by atoms with Crippen LogP contribution in [0.25, 0.3) is 11.1 Å². The van der Waals surface area contributed by atoms with E-state index in [-0.39, 0.29) is 18.5 Å². The molecule has 2 heterocycles. The maximum Gasteiger partial charge on any atom is 0.415 e. The Labute approximate surface area is 198 Å². The smallest absolute Gasteiger partial charge is 0.415 e. The zero-order chi connectivity index (χ0) is 24.2.